The van der Waals surface area contributed by atoms with Crippen molar-refractivity contribution in [1.29, 1.82) is 0 Å². The third-order valence-corrected chi connectivity index (χ3v) is 6.39. The lowest BCUT2D eigenvalue weighted by molar-refractivity contribution is 0.0658. The molecule has 0 N–H and O–H groups in total. The van der Waals surface area contributed by atoms with Crippen molar-refractivity contribution in [3.05, 3.63) is 125 Å². The van der Waals surface area contributed by atoms with Crippen LogP contribution >= 0.6 is 0 Å². The van der Waals surface area contributed by atoms with E-state index in [4.69, 9.17) is 0 Å². The number of fused-ring (bicyclic) bond motifs is 1. The molecule has 5 rings (SSSR count). The topological polar surface area (TPSA) is 25.2 Å². The highest BCUT2D eigenvalue weighted by atomic mass is 16.2. The van der Waals surface area contributed by atoms with Gasteiger partial charge in [-0.1, -0.05) is 65.7 Å². The third kappa shape index (κ3) is 3.87. The standard InChI is InChI=1S/C29H28N2O/c1-21-17-22(2)19-23(18-21)20-31(28-14-13-24-9-3-4-10-25(24)28)29(32)26-11-5-6-12-27(26)30-15-7-8-16-30/h3-12,15-19,28H,13-14,20H2,1-2H3. The van der Waals surface area contributed by atoms with Crippen molar-refractivity contribution in [2.45, 2.75) is 39.3 Å². The maximum Gasteiger partial charge on any atom is 0.256 e. The number of rotatable bonds is 5. The Morgan fingerprint density at radius 2 is 1.59 bits per heavy atom. The molecule has 1 aliphatic rings. The highest BCUT2D eigenvalue weighted by Gasteiger charge is 2.32. The number of carbonyl (C=O) groups is 1. The van der Waals surface area contributed by atoms with Crippen LogP contribution in [-0.4, -0.2) is 15.4 Å². The van der Waals surface area contributed by atoms with Crippen molar-refractivity contribution in [3.63, 3.8) is 0 Å². The average Bonchev–Trinajstić information content (AvgIpc) is 3.47. The minimum Gasteiger partial charge on any atom is -0.327 e. The predicted octanol–water partition coefficient (Wildman–Crippen LogP) is 6.42. The molecule has 1 atom stereocenters. The first kappa shape index (κ1) is 20.3. The van der Waals surface area contributed by atoms with Crippen molar-refractivity contribution in [2.24, 2.45) is 0 Å². The Hall–Kier alpha value is -3.59. The second-order valence-corrected chi connectivity index (χ2v) is 8.79. The zero-order valence-electron chi connectivity index (χ0n) is 18.7. The van der Waals surface area contributed by atoms with E-state index in [2.05, 4.69) is 61.2 Å². The highest BCUT2D eigenvalue weighted by Crippen LogP contribution is 2.38. The van der Waals surface area contributed by atoms with Crippen molar-refractivity contribution in [1.82, 2.24) is 9.47 Å². The number of carbonyl (C=O) groups excluding carboxylic acids is 1. The number of benzene rings is 3. The van der Waals surface area contributed by atoms with Crippen LogP contribution < -0.4 is 0 Å². The van der Waals surface area contributed by atoms with Crippen molar-refractivity contribution >= 4 is 5.91 Å². The van der Waals surface area contributed by atoms with Crippen LogP contribution in [0.15, 0.2) is 91.3 Å². The van der Waals surface area contributed by atoms with Gasteiger partial charge in [0.05, 0.1) is 17.3 Å². The summed E-state index contributed by atoms with van der Waals surface area (Å²) in [5, 5.41) is 0. The van der Waals surface area contributed by atoms with Gasteiger partial charge >= 0.3 is 0 Å². The van der Waals surface area contributed by atoms with Crippen molar-refractivity contribution in [2.75, 3.05) is 0 Å². The number of para-hydroxylation sites is 1. The molecule has 32 heavy (non-hydrogen) atoms. The van der Waals surface area contributed by atoms with E-state index in [1.165, 1.54) is 27.8 Å². The first-order chi connectivity index (χ1) is 15.6. The van der Waals surface area contributed by atoms with Crippen LogP contribution in [0.4, 0.5) is 0 Å². The summed E-state index contributed by atoms with van der Waals surface area (Å²) in [5.41, 5.74) is 7.92. The van der Waals surface area contributed by atoms with Gasteiger partial charge in [-0.25, -0.2) is 0 Å². The number of nitrogens with zero attached hydrogens (tertiary/aromatic N) is 2. The van der Waals surface area contributed by atoms with E-state index in [0.29, 0.717) is 6.54 Å². The van der Waals surface area contributed by atoms with Crippen LogP contribution in [0.5, 0.6) is 0 Å². The smallest absolute Gasteiger partial charge is 0.256 e. The van der Waals surface area contributed by atoms with Gasteiger partial charge in [-0.15, -0.1) is 0 Å². The molecule has 160 valence electrons. The minimum absolute atomic E-state index is 0.0789. The van der Waals surface area contributed by atoms with Gasteiger partial charge in [0.2, 0.25) is 0 Å². The molecular weight excluding hydrogens is 392 g/mol. The van der Waals surface area contributed by atoms with Gasteiger partial charge < -0.3 is 9.47 Å². The van der Waals surface area contributed by atoms with Crippen LogP contribution in [0.3, 0.4) is 0 Å². The number of aromatic nitrogens is 1. The molecule has 0 saturated heterocycles. The maximum absolute atomic E-state index is 14.1. The Labute approximate surface area is 189 Å². The molecule has 1 heterocycles. The van der Waals surface area contributed by atoms with Gasteiger partial charge in [0.15, 0.2) is 0 Å². The van der Waals surface area contributed by atoms with E-state index in [0.717, 1.165) is 24.1 Å². The Kier molecular flexibility index (Phi) is 5.40. The highest BCUT2D eigenvalue weighted by molar-refractivity contribution is 5.98. The Morgan fingerprint density at radius 1 is 0.906 bits per heavy atom. The Bertz CT molecular complexity index is 1240. The fourth-order valence-electron chi connectivity index (χ4n) is 5.07. The summed E-state index contributed by atoms with van der Waals surface area (Å²) in [7, 11) is 0. The van der Waals surface area contributed by atoms with Crippen molar-refractivity contribution in [3.8, 4) is 5.69 Å². The second-order valence-electron chi connectivity index (χ2n) is 8.79. The summed E-state index contributed by atoms with van der Waals surface area (Å²) in [6, 6.07) is 27.1. The third-order valence-electron chi connectivity index (χ3n) is 6.39. The van der Waals surface area contributed by atoms with Crippen LogP contribution in [0.2, 0.25) is 0 Å². The molecule has 0 radical (unpaired) electrons. The zero-order chi connectivity index (χ0) is 22.1. The van der Waals surface area contributed by atoms with Gasteiger partial charge in [0, 0.05) is 18.9 Å². The molecule has 0 aliphatic heterocycles. The van der Waals surface area contributed by atoms with Crippen LogP contribution in [0, 0.1) is 13.8 Å². The molecule has 1 amide bonds. The Balaban J connectivity index is 1.58. The molecule has 3 nitrogen and oxygen atoms in total. The van der Waals surface area contributed by atoms with Crippen LogP contribution in [-0.2, 0) is 13.0 Å². The fourth-order valence-corrected chi connectivity index (χ4v) is 5.07. The molecule has 3 aromatic carbocycles. The first-order valence-electron chi connectivity index (χ1n) is 11.3. The summed E-state index contributed by atoms with van der Waals surface area (Å²) in [6.07, 6.45) is 5.95. The van der Waals surface area contributed by atoms with Gasteiger partial charge in [-0.2, -0.15) is 0 Å². The lowest BCUT2D eigenvalue weighted by atomic mass is 10.0. The normalized spacial score (nSPS) is 14.9. The summed E-state index contributed by atoms with van der Waals surface area (Å²) in [6.45, 7) is 4.84. The molecule has 0 bridgehead atoms. The van der Waals surface area contributed by atoms with E-state index < -0.39 is 0 Å². The van der Waals surface area contributed by atoms with E-state index in [9.17, 15) is 4.79 Å². The van der Waals surface area contributed by atoms with Gasteiger partial charge in [0.1, 0.15) is 0 Å². The van der Waals surface area contributed by atoms with Gasteiger partial charge in [-0.3, -0.25) is 4.79 Å². The first-order valence-corrected chi connectivity index (χ1v) is 11.3. The zero-order valence-corrected chi connectivity index (χ0v) is 18.7. The van der Waals surface area contributed by atoms with Gasteiger partial charge in [0.25, 0.3) is 5.91 Å². The molecule has 0 saturated carbocycles. The number of amides is 1. The lowest BCUT2D eigenvalue weighted by Crippen LogP contribution is -2.34. The molecule has 1 aliphatic carbocycles. The molecule has 1 aromatic heterocycles. The number of hydrogen-bond donors (Lipinski definition) is 0. The second kappa shape index (κ2) is 8.51. The molecular formula is C29H28N2O. The molecule has 3 heteroatoms. The van der Waals surface area contributed by atoms with E-state index in [-0.39, 0.29) is 11.9 Å². The minimum atomic E-state index is 0.0789. The Morgan fingerprint density at radius 3 is 2.38 bits per heavy atom. The SMILES string of the molecule is Cc1cc(C)cc(CN(C(=O)c2ccccc2-n2cccc2)C2CCc3ccccc32)c1. The van der Waals surface area contributed by atoms with Crippen molar-refractivity contribution < 1.29 is 4.79 Å². The van der Waals surface area contributed by atoms with Crippen LogP contribution in [0.25, 0.3) is 5.69 Å². The largest absolute Gasteiger partial charge is 0.327 e. The maximum atomic E-state index is 14.1. The lowest BCUT2D eigenvalue weighted by Gasteiger charge is -2.31. The molecule has 0 fully saturated rings. The quantitative estimate of drug-likeness (QED) is 0.365. The van der Waals surface area contributed by atoms with E-state index >= 15 is 0 Å². The monoisotopic (exact) mass is 420 g/mol. The molecule has 0 spiro atoms. The summed E-state index contributed by atoms with van der Waals surface area (Å²) in [5.74, 6) is 0.0789. The average molecular weight is 421 g/mol. The number of aryl methyl sites for hydroxylation is 3. The van der Waals surface area contributed by atoms with Crippen LogP contribution in [0.1, 0.15) is 50.6 Å². The van der Waals surface area contributed by atoms with E-state index in [1.807, 2.05) is 53.4 Å². The predicted molar refractivity (Wildman–Crippen MR) is 129 cm³/mol. The summed E-state index contributed by atoms with van der Waals surface area (Å²) in [4.78, 5) is 16.2. The summed E-state index contributed by atoms with van der Waals surface area (Å²) >= 11 is 0. The fraction of sp³-hybridized carbons (Fsp3) is 0.207. The molecule has 1 unspecified atom stereocenters. The van der Waals surface area contributed by atoms with E-state index in [1.54, 1.807) is 0 Å². The number of hydrogen-bond acceptors (Lipinski definition) is 1. The van der Waals surface area contributed by atoms with Gasteiger partial charge in [-0.05, 0) is 67.6 Å². The summed E-state index contributed by atoms with van der Waals surface area (Å²) < 4.78 is 2.02. The molecule has 4 aromatic rings.